The Morgan fingerprint density at radius 1 is 1.31 bits per heavy atom. The van der Waals surface area contributed by atoms with Gasteiger partial charge in [-0.1, -0.05) is 12.1 Å². The quantitative estimate of drug-likeness (QED) is 0.767. The third kappa shape index (κ3) is 2.23. The lowest BCUT2D eigenvalue weighted by Gasteiger charge is -1.97. The molecule has 1 amide bonds. The van der Waals surface area contributed by atoms with E-state index in [1.165, 1.54) is 6.08 Å². The molecule has 1 aromatic carbocycles. The van der Waals surface area contributed by atoms with Crippen LogP contribution >= 0.6 is 0 Å². The van der Waals surface area contributed by atoms with Gasteiger partial charge in [0.2, 0.25) is 5.91 Å². The van der Waals surface area contributed by atoms with Crippen LogP contribution in [0.15, 0.2) is 36.5 Å². The lowest BCUT2D eigenvalue weighted by Crippen LogP contribution is -2.13. The van der Waals surface area contributed by atoms with Crippen molar-refractivity contribution in [2.45, 2.75) is 0 Å². The lowest BCUT2D eigenvalue weighted by atomic mass is 10.3. The average Bonchev–Trinajstić information content (AvgIpc) is 2.35. The van der Waals surface area contributed by atoms with Crippen LogP contribution in [-0.4, -0.2) is 22.9 Å². The number of benzene rings is 1. The maximum Gasteiger partial charge on any atom is 0.243 e. The Labute approximate surface area is 93.0 Å². The monoisotopic (exact) mass is 213 g/mol. The smallest absolute Gasteiger partial charge is 0.243 e. The van der Waals surface area contributed by atoms with Gasteiger partial charge in [-0.2, -0.15) is 0 Å². The molecule has 0 aliphatic carbocycles. The van der Waals surface area contributed by atoms with E-state index in [2.05, 4.69) is 15.3 Å². The van der Waals surface area contributed by atoms with Crippen molar-refractivity contribution in [3.63, 3.8) is 0 Å². The van der Waals surface area contributed by atoms with Crippen molar-refractivity contribution >= 4 is 23.0 Å². The molecule has 0 unspecified atom stereocenters. The second-order valence-electron chi connectivity index (χ2n) is 3.23. The molecule has 4 heteroatoms. The zero-order valence-corrected chi connectivity index (χ0v) is 8.84. The number of rotatable bonds is 2. The summed E-state index contributed by atoms with van der Waals surface area (Å²) in [4.78, 5) is 19.6. The summed E-state index contributed by atoms with van der Waals surface area (Å²) in [7, 11) is 1.58. The summed E-state index contributed by atoms with van der Waals surface area (Å²) in [6.07, 6.45) is 4.71. The zero-order chi connectivity index (χ0) is 11.4. The van der Waals surface area contributed by atoms with Gasteiger partial charge in [-0.05, 0) is 18.2 Å². The Bertz CT molecular complexity index is 549. The fraction of sp³-hybridized carbons (Fsp3) is 0.0833. The van der Waals surface area contributed by atoms with Crippen LogP contribution in [0.25, 0.3) is 17.1 Å². The number of fused-ring (bicyclic) bond motifs is 1. The Balaban J connectivity index is 2.33. The summed E-state index contributed by atoms with van der Waals surface area (Å²) in [6, 6.07) is 7.61. The van der Waals surface area contributed by atoms with Crippen molar-refractivity contribution in [1.29, 1.82) is 0 Å². The molecule has 2 aromatic rings. The molecule has 0 aliphatic heterocycles. The number of para-hydroxylation sites is 2. The van der Waals surface area contributed by atoms with Crippen LogP contribution in [0.3, 0.4) is 0 Å². The normalized spacial score (nSPS) is 10.8. The molecule has 0 saturated carbocycles. The molecule has 0 spiro atoms. The highest BCUT2D eigenvalue weighted by atomic mass is 16.1. The first kappa shape index (κ1) is 10.3. The van der Waals surface area contributed by atoms with E-state index in [1.54, 1.807) is 19.3 Å². The molecule has 0 fully saturated rings. The van der Waals surface area contributed by atoms with Crippen LogP contribution in [0.1, 0.15) is 5.69 Å². The maximum absolute atomic E-state index is 11.0. The summed E-state index contributed by atoms with van der Waals surface area (Å²) >= 11 is 0. The van der Waals surface area contributed by atoms with Crippen LogP contribution in [0, 0.1) is 0 Å². The first-order chi connectivity index (χ1) is 7.79. The molecular weight excluding hydrogens is 202 g/mol. The number of nitrogens with one attached hydrogen (secondary N) is 1. The van der Waals surface area contributed by atoms with Crippen LogP contribution in [-0.2, 0) is 4.79 Å². The molecule has 2 rings (SSSR count). The van der Waals surface area contributed by atoms with Crippen molar-refractivity contribution in [1.82, 2.24) is 15.3 Å². The van der Waals surface area contributed by atoms with Crippen LogP contribution in [0.2, 0.25) is 0 Å². The van der Waals surface area contributed by atoms with Crippen LogP contribution < -0.4 is 5.32 Å². The Morgan fingerprint density at radius 2 is 2.06 bits per heavy atom. The van der Waals surface area contributed by atoms with Gasteiger partial charge in [-0.25, -0.2) is 4.98 Å². The maximum atomic E-state index is 11.0. The van der Waals surface area contributed by atoms with E-state index in [1.807, 2.05) is 24.3 Å². The van der Waals surface area contributed by atoms with Gasteiger partial charge in [0.1, 0.15) is 0 Å². The highest BCUT2D eigenvalue weighted by Gasteiger charge is 1.96. The molecule has 4 nitrogen and oxygen atoms in total. The fourth-order valence-electron chi connectivity index (χ4n) is 1.30. The van der Waals surface area contributed by atoms with Gasteiger partial charge in [0.25, 0.3) is 0 Å². The molecule has 0 atom stereocenters. The van der Waals surface area contributed by atoms with Gasteiger partial charge in [-0.3, -0.25) is 9.78 Å². The lowest BCUT2D eigenvalue weighted by molar-refractivity contribution is -0.115. The van der Waals surface area contributed by atoms with Crippen molar-refractivity contribution in [3.05, 3.63) is 42.2 Å². The molecule has 80 valence electrons. The van der Waals surface area contributed by atoms with E-state index < -0.39 is 0 Å². The summed E-state index contributed by atoms with van der Waals surface area (Å²) in [5.74, 6) is -0.157. The molecule has 1 aromatic heterocycles. The third-order valence-electron chi connectivity index (χ3n) is 2.12. The van der Waals surface area contributed by atoms with Crippen molar-refractivity contribution in [2.24, 2.45) is 0 Å². The minimum absolute atomic E-state index is 0.157. The second-order valence-corrected chi connectivity index (χ2v) is 3.23. The van der Waals surface area contributed by atoms with E-state index in [4.69, 9.17) is 0 Å². The summed E-state index contributed by atoms with van der Waals surface area (Å²) in [5.41, 5.74) is 2.34. The Kier molecular flexibility index (Phi) is 2.91. The van der Waals surface area contributed by atoms with Crippen LogP contribution in [0.4, 0.5) is 0 Å². The molecule has 0 radical (unpaired) electrons. The summed E-state index contributed by atoms with van der Waals surface area (Å²) in [6.45, 7) is 0. The predicted molar refractivity (Wildman–Crippen MR) is 62.6 cm³/mol. The predicted octanol–water partition coefficient (Wildman–Crippen LogP) is 1.39. The van der Waals surface area contributed by atoms with E-state index in [0.29, 0.717) is 5.69 Å². The number of amides is 1. The largest absolute Gasteiger partial charge is 0.356 e. The Hall–Kier alpha value is -2.23. The Morgan fingerprint density at radius 3 is 2.81 bits per heavy atom. The number of hydrogen-bond acceptors (Lipinski definition) is 3. The third-order valence-corrected chi connectivity index (χ3v) is 2.12. The van der Waals surface area contributed by atoms with Gasteiger partial charge in [-0.15, -0.1) is 0 Å². The highest BCUT2D eigenvalue weighted by molar-refractivity contribution is 5.91. The summed E-state index contributed by atoms with van der Waals surface area (Å²) < 4.78 is 0. The highest BCUT2D eigenvalue weighted by Crippen LogP contribution is 2.08. The number of carbonyl (C=O) groups excluding carboxylic acids is 1. The number of likely N-dealkylation sites (N-methyl/N-ethyl adjacent to an activating group) is 1. The molecular formula is C12H11N3O. The number of nitrogens with zero attached hydrogens (tertiary/aromatic N) is 2. The zero-order valence-electron chi connectivity index (χ0n) is 8.84. The van der Waals surface area contributed by atoms with Crippen molar-refractivity contribution in [2.75, 3.05) is 7.05 Å². The van der Waals surface area contributed by atoms with E-state index in [0.717, 1.165) is 11.0 Å². The van der Waals surface area contributed by atoms with Gasteiger partial charge in [0.05, 0.1) is 22.9 Å². The molecule has 0 aliphatic rings. The van der Waals surface area contributed by atoms with Gasteiger partial charge in [0.15, 0.2) is 0 Å². The average molecular weight is 213 g/mol. The minimum atomic E-state index is -0.157. The fourth-order valence-corrected chi connectivity index (χ4v) is 1.30. The molecule has 0 saturated heterocycles. The number of carbonyl (C=O) groups is 1. The second kappa shape index (κ2) is 4.53. The first-order valence-electron chi connectivity index (χ1n) is 4.91. The van der Waals surface area contributed by atoms with Gasteiger partial charge in [0, 0.05) is 13.1 Å². The van der Waals surface area contributed by atoms with Crippen molar-refractivity contribution < 1.29 is 4.79 Å². The molecule has 0 bridgehead atoms. The van der Waals surface area contributed by atoms with Crippen molar-refractivity contribution in [3.8, 4) is 0 Å². The van der Waals surface area contributed by atoms with Gasteiger partial charge < -0.3 is 5.32 Å². The SMILES string of the molecule is CNC(=O)/C=C/c1cnc2ccccc2n1. The molecule has 1 N–H and O–H groups in total. The van der Waals surface area contributed by atoms with E-state index in [-0.39, 0.29) is 5.91 Å². The van der Waals surface area contributed by atoms with E-state index >= 15 is 0 Å². The van der Waals surface area contributed by atoms with Gasteiger partial charge >= 0.3 is 0 Å². The molecule has 1 heterocycles. The summed E-state index contributed by atoms with van der Waals surface area (Å²) in [5, 5.41) is 2.50. The molecule has 16 heavy (non-hydrogen) atoms. The minimum Gasteiger partial charge on any atom is -0.356 e. The number of hydrogen-bond donors (Lipinski definition) is 1. The standard InChI is InChI=1S/C12H11N3O/c1-13-12(16)7-6-9-8-14-10-4-2-3-5-11(10)15-9/h2-8H,1H3,(H,13,16)/b7-6+. The van der Waals surface area contributed by atoms with E-state index in [9.17, 15) is 4.79 Å². The van der Waals surface area contributed by atoms with Crippen LogP contribution in [0.5, 0.6) is 0 Å². The first-order valence-corrected chi connectivity index (χ1v) is 4.91. The topological polar surface area (TPSA) is 54.9 Å². The number of aromatic nitrogens is 2.